The van der Waals surface area contributed by atoms with E-state index in [2.05, 4.69) is 17.2 Å². The molecule has 0 bridgehead atoms. The Morgan fingerprint density at radius 2 is 2.00 bits per heavy atom. The van der Waals surface area contributed by atoms with Gasteiger partial charge in [0.05, 0.1) is 0 Å². The number of carbonyl (C=O) groups excluding carboxylic acids is 2. The van der Waals surface area contributed by atoms with Gasteiger partial charge in [-0.05, 0) is 19.4 Å². The topological polar surface area (TPSA) is 58.2 Å². The summed E-state index contributed by atoms with van der Waals surface area (Å²) in [4.78, 5) is 21.6. The number of imide groups is 1. The zero-order valence-electron chi connectivity index (χ0n) is 11.2. The van der Waals surface area contributed by atoms with Crippen molar-refractivity contribution in [3.63, 3.8) is 0 Å². The van der Waals surface area contributed by atoms with Crippen LogP contribution in [0.15, 0.2) is 24.4 Å². The monoisotopic (exact) mass is 240 g/mol. The molecule has 0 saturated carbocycles. The lowest BCUT2D eigenvalue weighted by Crippen LogP contribution is -2.42. The van der Waals surface area contributed by atoms with Crippen LogP contribution in [0.1, 0.15) is 40.5 Å². The molecule has 1 atom stereocenters. The van der Waals surface area contributed by atoms with Gasteiger partial charge in [-0.1, -0.05) is 39.8 Å². The molecule has 4 heteroatoms. The molecule has 4 nitrogen and oxygen atoms in total. The van der Waals surface area contributed by atoms with Crippen LogP contribution in [0, 0.1) is 0 Å². The maximum absolute atomic E-state index is 11.4. The second-order valence-corrected chi connectivity index (χ2v) is 3.20. The lowest BCUT2D eigenvalue weighted by atomic mass is 10.1. The van der Waals surface area contributed by atoms with E-state index in [1.54, 1.807) is 12.2 Å². The minimum atomic E-state index is -0.364. The fraction of sp³-hybridized carbons (Fsp3) is 0.538. The fourth-order valence-electron chi connectivity index (χ4n) is 1.22. The summed E-state index contributed by atoms with van der Waals surface area (Å²) >= 11 is 0. The molecule has 0 rings (SSSR count). The van der Waals surface area contributed by atoms with E-state index in [-0.39, 0.29) is 11.9 Å². The number of allylic oxidation sites excluding steroid dienone is 3. The molecule has 0 fully saturated rings. The van der Waals surface area contributed by atoms with E-state index in [1.807, 2.05) is 27.7 Å². The van der Waals surface area contributed by atoms with Gasteiger partial charge in [-0.2, -0.15) is 0 Å². The number of amides is 2. The van der Waals surface area contributed by atoms with Crippen LogP contribution in [0.2, 0.25) is 0 Å². The van der Waals surface area contributed by atoms with Crippen molar-refractivity contribution in [3.05, 3.63) is 24.4 Å². The Bertz CT molecular complexity index is 260. The SMILES string of the molecule is C=C/C=C(\C)NC(CCC)C(=O)NC=O.CC. The summed E-state index contributed by atoms with van der Waals surface area (Å²) in [5.41, 5.74) is 0.851. The first-order chi connectivity index (χ1) is 8.15. The summed E-state index contributed by atoms with van der Waals surface area (Å²) in [6, 6.07) is -0.364. The second kappa shape index (κ2) is 12.5. The number of nitrogens with one attached hydrogen (secondary N) is 2. The average molecular weight is 240 g/mol. The summed E-state index contributed by atoms with van der Waals surface area (Å²) in [6.07, 6.45) is 5.37. The van der Waals surface area contributed by atoms with Crippen molar-refractivity contribution in [2.45, 2.75) is 46.6 Å². The van der Waals surface area contributed by atoms with Crippen LogP contribution in [0.5, 0.6) is 0 Å². The number of hydrogen-bond donors (Lipinski definition) is 2. The van der Waals surface area contributed by atoms with Gasteiger partial charge in [0, 0.05) is 5.70 Å². The molecule has 0 aromatic heterocycles. The number of hydrogen-bond acceptors (Lipinski definition) is 3. The molecular weight excluding hydrogens is 216 g/mol. The smallest absolute Gasteiger partial charge is 0.248 e. The van der Waals surface area contributed by atoms with Gasteiger partial charge >= 0.3 is 0 Å². The Hall–Kier alpha value is -1.58. The van der Waals surface area contributed by atoms with Gasteiger partial charge in [-0.15, -0.1) is 0 Å². The summed E-state index contributed by atoms with van der Waals surface area (Å²) in [5.74, 6) is -0.302. The van der Waals surface area contributed by atoms with Gasteiger partial charge in [0.25, 0.3) is 0 Å². The van der Waals surface area contributed by atoms with Crippen LogP contribution < -0.4 is 10.6 Å². The van der Waals surface area contributed by atoms with Crippen molar-refractivity contribution in [2.75, 3.05) is 0 Å². The van der Waals surface area contributed by atoms with E-state index in [9.17, 15) is 9.59 Å². The largest absolute Gasteiger partial charge is 0.377 e. The average Bonchev–Trinajstić information content (AvgIpc) is 2.32. The van der Waals surface area contributed by atoms with Crippen molar-refractivity contribution < 1.29 is 9.59 Å². The van der Waals surface area contributed by atoms with Gasteiger partial charge in [0.2, 0.25) is 12.3 Å². The van der Waals surface area contributed by atoms with Crippen LogP contribution in [-0.2, 0) is 9.59 Å². The third-order valence-corrected chi connectivity index (χ3v) is 1.86. The van der Waals surface area contributed by atoms with Gasteiger partial charge in [0.15, 0.2) is 0 Å². The first kappa shape index (κ1) is 17.8. The predicted octanol–water partition coefficient (Wildman–Crippen LogP) is 2.13. The van der Waals surface area contributed by atoms with Crippen LogP contribution >= 0.6 is 0 Å². The zero-order chi connectivity index (χ0) is 13.7. The lowest BCUT2D eigenvalue weighted by molar-refractivity contribution is -0.126. The molecule has 0 aliphatic rings. The molecule has 0 saturated heterocycles. The lowest BCUT2D eigenvalue weighted by Gasteiger charge is -2.17. The molecule has 1 unspecified atom stereocenters. The highest BCUT2D eigenvalue weighted by molar-refractivity contribution is 5.90. The van der Waals surface area contributed by atoms with E-state index in [0.717, 1.165) is 12.1 Å². The molecule has 2 amide bonds. The Morgan fingerprint density at radius 3 is 2.41 bits per heavy atom. The normalized spacial score (nSPS) is 11.6. The first-order valence-electron chi connectivity index (χ1n) is 5.95. The number of rotatable bonds is 7. The molecular formula is C13H24N2O2. The van der Waals surface area contributed by atoms with Gasteiger partial charge < -0.3 is 5.32 Å². The minimum Gasteiger partial charge on any atom is -0.377 e. The van der Waals surface area contributed by atoms with Crippen LogP contribution in [-0.4, -0.2) is 18.4 Å². The van der Waals surface area contributed by atoms with Gasteiger partial charge in [0.1, 0.15) is 6.04 Å². The third-order valence-electron chi connectivity index (χ3n) is 1.86. The van der Waals surface area contributed by atoms with Crippen molar-refractivity contribution in [1.29, 1.82) is 0 Å². The zero-order valence-corrected chi connectivity index (χ0v) is 11.2. The molecule has 98 valence electrons. The van der Waals surface area contributed by atoms with Gasteiger partial charge in [-0.3, -0.25) is 14.9 Å². The quantitative estimate of drug-likeness (QED) is 0.529. The summed E-state index contributed by atoms with van der Waals surface area (Å²) < 4.78 is 0. The molecule has 0 aliphatic heterocycles. The number of carbonyl (C=O) groups is 2. The highest BCUT2D eigenvalue weighted by atomic mass is 16.2. The second-order valence-electron chi connectivity index (χ2n) is 3.20. The Labute approximate surface area is 104 Å². The highest BCUT2D eigenvalue weighted by Gasteiger charge is 2.15. The fourth-order valence-corrected chi connectivity index (χ4v) is 1.22. The maximum Gasteiger partial charge on any atom is 0.248 e. The van der Waals surface area contributed by atoms with Crippen LogP contribution in [0.4, 0.5) is 0 Å². The van der Waals surface area contributed by atoms with E-state index in [1.165, 1.54) is 0 Å². The van der Waals surface area contributed by atoms with Crippen LogP contribution in [0.3, 0.4) is 0 Å². The molecule has 2 N–H and O–H groups in total. The predicted molar refractivity (Wildman–Crippen MR) is 71.3 cm³/mol. The Kier molecular flexibility index (Phi) is 13.1. The molecule has 0 aromatic carbocycles. The van der Waals surface area contributed by atoms with E-state index in [0.29, 0.717) is 12.8 Å². The molecule has 0 radical (unpaired) electrons. The van der Waals surface area contributed by atoms with Crippen molar-refractivity contribution in [3.8, 4) is 0 Å². The summed E-state index contributed by atoms with van der Waals surface area (Å²) in [6.45, 7) is 11.4. The standard InChI is InChI=1S/C11H18N2O2.C2H6/c1-4-6-9(3)13-10(7-5-2)11(15)12-8-14;1-2/h4,6,8,10,13H,1,5,7H2,2-3H3,(H,12,14,15);1-2H3/b9-6+;. The third kappa shape index (κ3) is 9.35. The summed E-state index contributed by atoms with van der Waals surface area (Å²) in [7, 11) is 0. The van der Waals surface area contributed by atoms with E-state index < -0.39 is 0 Å². The molecule has 0 aliphatic carbocycles. The van der Waals surface area contributed by atoms with E-state index in [4.69, 9.17) is 0 Å². The molecule has 0 aromatic rings. The minimum absolute atomic E-state index is 0.302. The molecule has 0 spiro atoms. The van der Waals surface area contributed by atoms with Crippen molar-refractivity contribution in [1.82, 2.24) is 10.6 Å². The van der Waals surface area contributed by atoms with Crippen molar-refractivity contribution in [2.24, 2.45) is 0 Å². The summed E-state index contributed by atoms with van der Waals surface area (Å²) in [5, 5.41) is 5.17. The van der Waals surface area contributed by atoms with E-state index >= 15 is 0 Å². The highest BCUT2D eigenvalue weighted by Crippen LogP contribution is 2.00. The maximum atomic E-state index is 11.4. The van der Waals surface area contributed by atoms with Gasteiger partial charge in [-0.25, -0.2) is 0 Å². The van der Waals surface area contributed by atoms with Crippen LogP contribution in [0.25, 0.3) is 0 Å². The van der Waals surface area contributed by atoms with Crippen molar-refractivity contribution >= 4 is 12.3 Å². The first-order valence-corrected chi connectivity index (χ1v) is 5.95. The Morgan fingerprint density at radius 1 is 1.41 bits per heavy atom. The Balaban J connectivity index is 0. The molecule has 0 heterocycles. The molecule has 17 heavy (non-hydrogen) atoms.